The predicted octanol–water partition coefficient (Wildman–Crippen LogP) is 5.91. The van der Waals surface area contributed by atoms with Crippen LogP contribution >= 0.6 is 15.9 Å². The van der Waals surface area contributed by atoms with Crippen molar-refractivity contribution >= 4 is 22.0 Å². The van der Waals surface area contributed by atoms with Crippen LogP contribution in [-0.4, -0.2) is 11.2 Å². The fourth-order valence-corrected chi connectivity index (χ4v) is 4.34. The van der Waals surface area contributed by atoms with Crippen molar-refractivity contribution in [3.8, 4) is 0 Å². The van der Waals surface area contributed by atoms with Crippen LogP contribution in [0.2, 0.25) is 0 Å². The summed E-state index contributed by atoms with van der Waals surface area (Å²) in [4.78, 5) is 0. The molecule has 0 aromatic heterocycles. The highest BCUT2D eigenvalue weighted by atomic mass is 79.9. The fourth-order valence-electron chi connectivity index (χ4n) is 3.93. The summed E-state index contributed by atoms with van der Waals surface area (Å²) in [6.45, 7) is 6.69. The smallest absolute Gasteiger partial charge is 0.0847 e. The third kappa shape index (κ3) is 2.98. The second-order valence-corrected chi connectivity index (χ2v) is 7.96. The minimum Gasteiger partial charge on any atom is -0.364 e. The van der Waals surface area contributed by atoms with Crippen molar-refractivity contribution in [1.82, 2.24) is 0 Å². The van der Waals surface area contributed by atoms with E-state index in [0.717, 1.165) is 17.3 Å². The summed E-state index contributed by atoms with van der Waals surface area (Å²) >= 11 is 3.58. The van der Waals surface area contributed by atoms with Crippen LogP contribution in [0.15, 0.2) is 28.2 Å². The molecule has 1 aliphatic carbocycles. The molecule has 3 rings (SSSR count). The Labute approximate surface area is 136 Å². The molecule has 114 valence electrons. The van der Waals surface area contributed by atoms with Gasteiger partial charge in [0.25, 0.3) is 0 Å². The molecule has 1 aliphatic heterocycles. The number of halogens is 1. The molecule has 0 radical (unpaired) electrons. The Morgan fingerprint density at radius 2 is 1.95 bits per heavy atom. The maximum Gasteiger partial charge on any atom is 0.0847 e. The van der Waals surface area contributed by atoms with E-state index in [1.807, 2.05) is 0 Å². The van der Waals surface area contributed by atoms with E-state index in [1.54, 1.807) is 0 Å². The highest BCUT2D eigenvalue weighted by Gasteiger charge is 2.48. The van der Waals surface area contributed by atoms with Gasteiger partial charge in [0.1, 0.15) is 0 Å². The Morgan fingerprint density at radius 1 is 1.24 bits per heavy atom. The van der Waals surface area contributed by atoms with Gasteiger partial charge in [-0.1, -0.05) is 47.8 Å². The van der Waals surface area contributed by atoms with Crippen molar-refractivity contribution in [1.29, 1.82) is 0 Å². The molecule has 1 spiro atoms. The van der Waals surface area contributed by atoms with Crippen LogP contribution in [0, 0.1) is 0 Å². The molecule has 1 saturated carbocycles. The number of rotatable bonds is 2. The average molecular weight is 349 g/mol. The van der Waals surface area contributed by atoms with Gasteiger partial charge in [-0.25, -0.2) is 0 Å². The van der Waals surface area contributed by atoms with E-state index in [4.69, 9.17) is 4.74 Å². The van der Waals surface area contributed by atoms with Gasteiger partial charge < -0.3 is 4.74 Å². The maximum absolute atomic E-state index is 6.50. The van der Waals surface area contributed by atoms with E-state index in [1.165, 1.54) is 42.4 Å². The number of hydrogen-bond acceptors (Lipinski definition) is 1. The number of benzene rings is 1. The Morgan fingerprint density at radius 3 is 2.62 bits per heavy atom. The summed E-state index contributed by atoms with van der Waals surface area (Å²) in [6, 6.07) is 6.60. The molecule has 1 nitrogen and oxygen atoms in total. The Balaban J connectivity index is 1.95. The molecule has 21 heavy (non-hydrogen) atoms. The van der Waals surface area contributed by atoms with Gasteiger partial charge >= 0.3 is 0 Å². The van der Waals surface area contributed by atoms with Gasteiger partial charge in [0, 0.05) is 10.9 Å². The normalized spacial score (nSPS) is 25.0. The lowest BCUT2D eigenvalue weighted by atomic mass is 9.89. The standard InChI is InChI=1S/C19H25BrO/c1-4-14-12-17(20)8-7-15(14)11-16-13-19(9-5-6-10-19)21-18(16,2)3/h7-8,11-12H,4-6,9-10,13H2,1-3H3. The maximum atomic E-state index is 6.50. The third-order valence-electron chi connectivity index (χ3n) is 5.09. The number of aryl methyl sites for hydroxylation is 1. The van der Waals surface area contributed by atoms with Crippen LogP contribution < -0.4 is 0 Å². The number of ether oxygens (including phenoxy) is 1. The molecule has 1 aromatic carbocycles. The molecule has 0 atom stereocenters. The van der Waals surface area contributed by atoms with E-state index in [0.29, 0.717) is 0 Å². The van der Waals surface area contributed by atoms with Crippen molar-refractivity contribution in [3.05, 3.63) is 39.4 Å². The Kier molecular flexibility index (Phi) is 4.04. The van der Waals surface area contributed by atoms with Gasteiger partial charge in [0.2, 0.25) is 0 Å². The first-order valence-electron chi connectivity index (χ1n) is 8.14. The zero-order chi connectivity index (χ0) is 15.1. The monoisotopic (exact) mass is 348 g/mol. The summed E-state index contributed by atoms with van der Waals surface area (Å²) in [6.07, 6.45) is 9.66. The molecule has 2 aliphatic rings. The predicted molar refractivity (Wildman–Crippen MR) is 92.5 cm³/mol. The van der Waals surface area contributed by atoms with Crippen molar-refractivity contribution < 1.29 is 4.74 Å². The summed E-state index contributed by atoms with van der Waals surface area (Å²) in [7, 11) is 0. The second kappa shape index (κ2) is 5.55. The Bertz CT molecular complexity index is 565. The van der Waals surface area contributed by atoms with Crippen molar-refractivity contribution in [2.75, 3.05) is 0 Å². The fraction of sp³-hybridized carbons (Fsp3) is 0.579. The van der Waals surface area contributed by atoms with Crippen LogP contribution in [-0.2, 0) is 11.2 Å². The SMILES string of the molecule is CCc1cc(Br)ccc1C=C1CC2(CCCC2)OC1(C)C. The van der Waals surface area contributed by atoms with Gasteiger partial charge in [-0.3, -0.25) is 0 Å². The zero-order valence-electron chi connectivity index (χ0n) is 13.3. The third-order valence-corrected chi connectivity index (χ3v) is 5.58. The Hall–Kier alpha value is -0.600. The van der Waals surface area contributed by atoms with E-state index in [9.17, 15) is 0 Å². The summed E-state index contributed by atoms with van der Waals surface area (Å²) in [5.41, 5.74) is 4.23. The summed E-state index contributed by atoms with van der Waals surface area (Å²) in [5.74, 6) is 0. The van der Waals surface area contributed by atoms with E-state index >= 15 is 0 Å². The lowest BCUT2D eigenvalue weighted by molar-refractivity contribution is -0.0747. The zero-order valence-corrected chi connectivity index (χ0v) is 14.9. The molecule has 0 amide bonds. The largest absolute Gasteiger partial charge is 0.364 e. The van der Waals surface area contributed by atoms with Gasteiger partial charge in [0.15, 0.2) is 0 Å². The summed E-state index contributed by atoms with van der Waals surface area (Å²) in [5, 5.41) is 0. The van der Waals surface area contributed by atoms with Gasteiger partial charge in [-0.05, 0) is 61.9 Å². The molecule has 1 heterocycles. The van der Waals surface area contributed by atoms with Crippen molar-refractivity contribution in [2.45, 2.75) is 70.5 Å². The molecular weight excluding hydrogens is 324 g/mol. The van der Waals surface area contributed by atoms with E-state index < -0.39 is 0 Å². The highest BCUT2D eigenvalue weighted by molar-refractivity contribution is 9.10. The van der Waals surface area contributed by atoms with Crippen LogP contribution in [0.5, 0.6) is 0 Å². The molecule has 1 aromatic rings. The lowest BCUT2D eigenvalue weighted by Gasteiger charge is -2.27. The van der Waals surface area contributed by atoms with Gasteiger partial charge in [0.05, 0.1) is 11.2 Å². The molecule has 2 heteroatoms. The molecule has 0 bridgehead atoms. The molecule has 0 N–H and O–H groups in total. The summed E-state index contributed by atoms with van der Waals surface area (Å²) < 4.78 is 7.66. The first-order valence-corrected chi connectivity index (χ1v) is 8.93. The first-order chi connectivity index (χ1) is 9.94. The highest BCUT2D eigenvalue weighted by Crippen LogP contribution is 2.50. The van der Waals surface area contributed by atoms with Crippen molar-refractivity contribution in [3.63, 3.8) is 0 Å². The van der Waals surface area contributed by atoms with Crippen LogP contribution in [0.3, 0.4) is 0 Å². The van der Waals surface area contributed by atoms with E-state index in [-0.39, 0.29) is 11.2 Å². The molecule has 2 fully saturated rings. The van der Waals surface area contributed by atoms with Crippen molar-refractivity contribution in [2.24, 2.45) is 0 Å². The molecule has 1 saturated heterocycles. The van der Waals surface area contributed by atoms with Gasteiger partial charge in [-0.15, -0.1) is 0 Å². The van der Waals surface area contributed by atoms with Crippen LogP contribution in [0.1, 0.15) is 64.0 Å². The molecule has 0 unspecified atom stereocenters. The average Bonchev–Trinajstić information content (AvgIpc) is 2.96. The minimum atomic E-state index is -0.123. The topological polar surface area (TPSA) is 9.23 Å². The number of hydrogen-bond donors (Lipinski definition) is 0. The molecular formula is C19H25BrO. The van der Waals surface area contributed by atoms with Gasteiger partial charge in [-0.2, -0.15) is 0 Å². The second-order valence-electron chi connectivity index (χ2n) is 7.05. The minimum absolute atomic E-state index is 0.123. The van der Waals surface area contributed by atoms with Crippen LogP contribution in [0.4, 0.5) is 0 Å². The quantitative estimate of drug-likeness (QED) is 0.645. The van der Waals surface area contributed by atoms with E-state index in [2.05, 4.69) is 61.0 Å². The van der Waals surface area contributed by atoms with Crippen LogP contribution in [0.25, 0.3) is 6.08 Å². The first kappa shape index (κ1) is 15.3. The lowest BCUT2D eigenvalue weighted by Crippen LogP contribution is -2.29.